The number of nitrogens with one attached hydrogen (secondary N) is 1. The van der Waals surface area contributed by atoms with Gasteiger partial charge in [-0.25, -0.2) is 0 Å². The fraction of sp³-hybridized carbons (Fsp3) is 0.923. The SMILES string of the molecule is CC(NC(=O)C1(CN)CCCC1)C1CCCO1. The van der Waals surface area contributed by atoms with Crippen molar-refractivity contribution in [3.05, 3.63) is 0 Å². The molecule has 0 spiro atoms. The molecule has 2 unspecified atom stereocenters. The zero-order chi connectivity index (χ0) is 12.3. The standard InChI is InChI=1S/C13H24N2O2/c1-10(11-5-4-8-17-11)15-12(16)13(9-14)6-2-3-7-13/h10-11H,2-9,14H2,1H3,(H,15,16). The molecule has 1 aliphatic carbocycles. The van der Waals surface area contributed by atoms with Crippen molar-refractivity contribution in [3.63, 3.8) is 0 Å². The third kappa shape index (κ3) is 2.63. The lowest BCUT2D eigenvalue weighted by molar-refractivity contribution is -0.131. The molecule has 0 bridgehead atoms. The van der Waals surface area contributed by atoms with Crippen LogP contribution in [0.25, 0.3) is 0 Å². The number of hydrogen-bond donors (Lipinski definition) is 2. The molecular formula is C13H24N2O2. The zero-order valence-corrected chi connectivity index (χ0v) is 10.7. The van der Waals surface area contributed by atoms with E-state index < -0.39 is 0 Å². The average Bonchev–Trinajstić information content (AvgIpc) is 3.01. The summed E-state index contributed by atoms with van der Waals surface area (Å²) in [4.78, 5) is 12.3. The Morgan fingerprint density at radius 2 is 2.18 bits per heavy atom. The largest absolute Gasteiger partial charge is 0.376 e. The summed E-state index contributed by atoms with van der Waals surface area (Å²) in [6, 6.07) is 0.106. The van der Waals surface area contributed by atoms with Crippen LogP contribution in [0.15, 0.2) is 0 Å². The van der Waals surface area contributed by atoms with Gasteiger partial charge >= 0.3 is 0 Å². The van der Waals surface area contributed by atoms with Gasteiger partial charge in [0.05, 0.1) is 17.6 Å². The molecule has 2 fully saturated rings. The Morgan fingerprint density at radius 1 is 1.47 bits per heavy atom. The van der Waals surface area contributed by atoms with E-state index in [1.165, 1.54) is 0 Å². The minimum Gasteiger partial charge on any atom is -0.376 e. The molecule has 98 valence electrons. The maximum absolute atomic E-state index is 12.3. The molecule has 17 heavy (non-hydrogen) atoms. The summed E-state index contributed by atoms with van der Waals surface area (Å²) in [6.07, 6.45) is 6.47. The second-order valence-corrected chi connectivity index (χ2v) is 5.51. The van der Waals surface area contributed by atoms with E-state index in [4.69, 9.17) is 10.5 Å². The number of hydrogen-bond acceptors (Lipinski definition) is 3. The van der Waals surface area contributed by atoms with Gasteiger partial charge in [0, 0.05) is 13.2 Å². The third-order valence-corrected chi connectivity index (χ3v) is 4.31. The lowest BCUT2D eigenvalue weighted by atomic mass is 9.85. The van der Waals surface area contributed by atoms with E-state index in [-0.39, 0.29) is 23.5 Å². The molecule has 1 saturated carbocycles. The second kappa shape index (κ2) is 5.36. The van der Waals surface area contributed by atoms with Crippen molar-refractivity contribution in [2.75, 3.05) is 13.2 Å². The lowest BCUT2D eigenvalue weighted by Gasteiger charge is -2.29. The molecule has 1 aliphatic heterocycles. The molecular weight excluding hydrogens is 216 g/mol. The molecule has 4 heteroatoms. The first-order chi connectivity index (χ1) is 8.18. The summed E-state index contributed by atoms with van der Waals surface area (Å²) < 4.78 is 5.60. The summed E-state index contributed by atoms with van der Waals surface area (Å²) >= 11 is 0. The van der Waals surface area contributed by atoms with Crippen molar-refractivity contribution < 1.29 is 9.53 Å². The van der Waals surface area contributed by atoms with Crippen molar-refractivity contribution in [1.29, 1.82) is 0 Å². The molecule has 0 radical (unpaired) electrons. The fourth-order valence-corrected chi connectivity index (χ4v) is 3.03. The Kier molecular flexibility index (Phi) is 4.05. The molecule has 3 N–H and O–H groups in total. The van der Waals surface area contributed by atoms with E-state index in [9.17, 15) is 4.79 Å². The van der Waals surface area contributed by atoms with Crippen LogP contribution < -0.4 is 11.1 Å². The quantitative estimate of drug-likeness (QED) is 0.776. The van der Waals surface area contributed by atoms with Gasteiger partial charge in [0.2, 0.25) is 5.91 Å². The van der Waals surface area contributed by atoms with E-state index in [1.807, 2.05) is 6.92 Å². The highest BCUT2D eigenvalue weighted by Crippen LogP contribution is 2.37. The summed E-state index contributed by atoms with van der Waals surface area (Å²) in [7, 11) is 0. The zero-order valence-electron chi connectivity index (χ0n) is 10.7. The Morgan fingerprint density at radius 3 is 2.71 bits per heavy atom. The number of nitrogens with two attached hydrogens (primary N) is 1. The molecule has 1 heterocycles. The summed E-state index contributed by atoms with van der Waals surface area (Å²) in [5, 5.41) is 3.11. The first-order valence-corrected chi connectivity index (χ1v) is 6.81. The van der Waals surface area contributed by atoms with Gasteiger partial charge in [-0.15, -0.1) is 0 Å². The highest BCUT2D eigenvalue weighted by molar-refractivity contribution is 5.83. The van der Waals surface area contributed by atoms with Gasteiger partial charge in [-0.1, -0.05) is 12.8 Å². The van der Waals surface area contributed by atoms with Gasteiger partial charge in [0.15, 0.2) is 0 Å². The van der Waals surface area contributed by atoms with Gasteiger partial charge < -0.3 is 15.8 Å². The predicted octanol–water partition coefficient (Wildman–Crippen LogP) is 1.19. The van der Waals surface area contributed by atoms with Crippen LogP contribution in [0.3, 0.4) is 0 Å². The number of carbonyl (C=O) groups excluding carboxylic acids is 1. The number of rotatable bonds is 4. The van der Waals surface area contributed by atoms with Gasteiger partial charge in [0.1, 0.15) is 0 Å². The second-order valence-electron chi connectivity index (χ2n) is 5.51. The van der Waals surface area contributed by atoms with Gasteiger partial charge in [-0.2, -0.15) is 0 Å². The summed E-state index contributed by atoms with van der Waals surface area (Å²) in [5.41, 5.74) is 5.51. The molecule has 4 nitrogen and oxygen atoms in total. The maximum Gasteiger partial charge on any atom is 0.227 e. The first kappa shape index (κ1) is 12.8. The highest BCUT2D eigenvalue weighted by atomic mass is 16.5. The Bertz CT molecular complexity index is 269. The van der Waals surface area contributed by atoms with E-state index in [1.54, 1.807) is 0 Å². The molecule has 1 amide bonds. The van der Waals surface area contributed by atoms with Gasteiger partial charge in [-0.05, 0) is 32.6 Å². The molecule has 0 aromatic carbocycles. The van der Waals surface area contributed by atoms with Crippen LogP contribution in [0, 0.1) is 5.41 Å². The van der Waals surface area contributed by atoms with Crippen molar-refractivity contribution in [3.8, 4) is 0 Å². The van der Waals surface area contributed by atoms with Crippen LogP contribution in [0.4, 0.5) is 0 Å². The Hall–Kier alpha value is -0.610. The van der Waals surface area contributed by atoms with Gasteiger partial charge in [0.25, 0.3) is 0 Å². The Balaban J connectivity index is 1.90. The minimum absolute atomic E-state index is 0.106. The van der Waals surface area contributed by atoms with Gasteiger partial charge in [-0.3, -0.25) is 4.79 Å². The van der Waals surface area contributed by atoms with Crippen LogP contribution in [0.2, 0.25) is 0 Å². The topological polar surface area (TPSA) is 64.4 Å². The molecule has 2 atom stereocenters. The van der Waals surface area contributed by atoms with Crippen LogP contribution in [-0.2, 0) is 9.53 Å². The van der Waals surface area contributed by atoms with Crippen molar-refractivity contribution in [1.82, 2.24) is 5.32 Å². The monoisotopic (exact) mass is 240 g/mol. The van der Waals surface area contributed by atoms with E-state index >= 15 is 0 Å². The Labute approximate surface area is 103 Å². The smallest absolute Gasteiger partial charge is 0.227 e. The lowest BCUT2D eigenvalue weighted by Crippen LogP contribution is -2.50. The molecule has 2 rings (SSSR count). The van der Waals surface area contributed by atoms with Crippen molar-refractivity contribution in [2.45, 2.75) is 57.6 Å². The normalized spacial score (nSPS) is 29.2. The van der Waals surface area contributed by atoms with Crippen LogP contribution in [0.1, 0.15) is 45.4 Å². The first-order valence-electron chi connectivity index (χ1n) is 6.81. The predicted molar refractivity (Wildman–Crippen MR) is 66.5 cm³/mol. The summed E-state index contributed by atoms with van der Waals surface area (Å²) in [5.74, 6) is 0.139. The molecule has 0 aromatic rings. The van der Waals surface area contributed by atoms with E-state index in [0.29, 0.717) is 6.54 Å². The average molecular weight is 240 g/mol. The molecule has 0 aromatic heterocycles. The van der Waals surface area contributed by atoms with Crippen LogP contribution in [-0.4, -0.2) is 31.2 Å². The van der Waals surface area contributed by atoms with E-state index in [2.05, 4.69) is 5.32 Å². The van der Waals surface area contributed by atoms with Crippen LogP contribution in [0.5, 0.6) is 0 Å². The number of ether oxygens (including phenoxy) is 1. The minimum atomic E-state index is -0.299. The highest BCUT2D eigenvalue weighted by Gasteiger charge is 2.40. The van der Waals surface area contributed by atoms with Crippen molar-refractivity contribution in [2.24, 2.45) is 11.1 Å². The van der Waals surface area contributed by atoms with Crippen molar-refractivity contribution >= 4 is 5.91 Å². The number of carbonyl (C=O) groups is 1. The third-order valence-electron chi connectivity index (χ3n) is 4.31. The number of amides is 1. The fourth-order valence-electron chi connectivity index (χ4n) is 3.03. The van der Waals surface area contributed by atoms with Crippen LogP contribution >= 0.6 is 0 Å². The molecule has 2 aliphatic rings. The maximum atomic E-state index is 12.3. The van der Waals surface area contributed by atoms with E-state index in [0.717, 1.165) is 45.1 Å². The summed E-state index contributed by atoms with van der Waals surface area (Å²) in [6.45, 7) is 3.33. The molecule has 1 saturated heterocycles.